The van der Waals surface area contributed by atoms with Crippen molar-refractivity contribution in [1.82, 2.24) is 0 Å². The lowest BCUT2D eigenvalue weighted by Crippen LogP contribution is -2.32. The lowest BCUT2D eigenvalue weighted by molar-refractivity contribution is 0.347. The van der Waals surface area contributed by atoms with Gasteiger partial charge in [-0.25, -0.2) is 0 Å². The Morgan fingerprint density at radius 1 is 1.07 bits per heavy atom. The number of fused-ring (bicyclic) bond motifs is 1. The van der Waals surface area contributed by atoms with Crippen molar-refractivity contribution in [3.63, 3.8) is 0 Å². The first-order chi connectivity index (χ1) is 6.57. The molecule has 0 radical (unpaired) electrons. The van der Waals surface area contributed by atoms with Gasteiger partial charge < -0.3 is 0 Å². The smallest absolute Gasteiger partial charge is 0.0580 e. The first kappa shape index (κ1) is 9.39. The fraction of sp³-hybridized carbons (Fsp3) is 0.357. The Morgan fingerprint density at radius 3 is 2.36 bits per heavy atom. The molecule has 1 unspecified atom stereocenters. The number of benzene rings is 1. The predicted octanol–water partition coefficient (Wildman–Crippen LogP) is 2.13. The van der Waals surface area contributed by atoms with Gasteiger partial charge in [0.05, 0.1) is 11.1 Å². The normalized spacial score (nSPS) is 20.1. The molecule has 0 heterocycles. The van der Waals surface area contributed by atoms with Gasteiger partial charge in [0.25, 0.3) is 0 Å². The Labute approximate surface area is 86.0 Å². The van der Waals surface area contributed by atoms with Gasteiger partial charge in [-0.2, -0.15) is 0 Å². The van der Waals surface area contributed by atoms with Crippen LogP contribution in [0.25, 0.3) is 12.2 Å². The molecular formula is C14H17+. The molecule has 0 nitrogen and oxygen atoms in total. The van der Waals surface area contributed by atoms with Gasteiger partial charge in [-0.15, -0.1) is 0 Å². The van der Waals surface area contributed by atoms with E-state index in [1.807, 2.05) is 0 Å². The number of rotatable bonds is 0. The van der Waals surface area contributed by atoms with E-state index in [4.69, 9.17) is 0 Å². The van der Waals surface area contributed by atoms with E-state index in [1.54, 1.807) is 0 Å². The lowest BCUT2D eigenvalue weighted by atomic mass is 9.77. The highest BCUT2D eigenvalue weighted by atomic mass is 14.3. The second-order valence-electron chi connectivity index (χ2n) is 5.05. The summed E-state index contributed by atoms with van der Waals surface area (Å²) in [6.45, 7) is 6.85. The van der Waals surface area contributed by atoms with Gasteiger partial charge in [0, 0.05) is 12.5 Å². The second-order valence-corrected chi connectivity index (χ2v) is 5.05. The van der Waals surface area contributed by atoms with Crippen LogP contribution in [0.15, 0.2) is 24.3 Å². The van der Waals surface area contributed by atoms with Gasteiger partial charge >= 0.3 is 0 Å². The zero-order valence-electron chi connectivity index (χ0n) is 9.12. The first-order valence-electron chi connectivity index (χ1n) is 5.19. The Kier molecular flexibility index (Phi) is 2.14. The topological polar surface area (TPSA) is 0 Å². The summed E-state index contributed by atoms with van der Waals surface area (Å²) < 4.78 is 0. The SMILES string of the molecule is CC(C)(C)C1C=c2ccccc2=C[CH+]1. The van der Waals surface area contributed by atoms with Crippen molar-refractivity contribution < 1.29 is 0 Å². The average Bonchev–Trinajstić information content (AvgIpc) is 2.16. The number of hydrogen-bond acceptors (Lipinski definition) is 0. The molecule has 0 saturated heterocycles. The zero-order valence-corrected chi connectivity index (χ0v) is 9.12. The maximum atomic E-state index is 2.37. The minimum Gasteiger partial charge on any atom is -0.0580 e. The minimum absolute atomic E-state index is 0.323. The van der Waals surface area contributed by atoms with Crippen LogP contribution in [-0.4, -0.2) is 0 Å². The fourth-order valence-corrected chi connectivity index (χ4v) is 1.81. The number of hydrogen-bond donors (Lipinski definition) is 0. The first-order valence-corrected chi connectivity index (χ1v) is 5.19. The van der Waals surface area contributed by atoms with Crippen molar-refractivity contribution >= 4 is 12.2 Å². The molecule has 0 fully saturated rings. The molecule has 1 aliphatic rings. The van der Waals surface area contributed by atoms with Gasteiger partial charge in [-0.3, -0.25) is 0 Å². The highest BCUT2D eigenvalue weighted by molar-refractivity contribution is 5.48. The van der Waals surface area contributed by atoms with Crippen molar-refractivity contribution in [3.05, 3.63) is 41.1 Å². The summed E-state index contributed by atoms with van der Waals surface area (Å²) in [6, 6.07) is 8.56. The van der Waals surface area contributed by atoms with E-state index in [9.17, 15) is 0 Å². The van der Waals surface area contributed by atoms with Crippen molar-refractivity contribution in [2.75, 3.05) is 0 Å². The molecule has 0 bridgehead atoms. The van der Waals surface area contributed by atoms with E-state index in [2.05, 4.69) is 63.6 Å². The third kappa shape index (κ3) is 1.70. The molecule has 1 aliphatic carbocycles. The van der Waals surface area contributed by atoms with Gasteiger partial charge in [-0.05, 0) is 23.6 Å². The summed E-state index contributed by atoms with van der Waals surface area (Å²) in [4.78, 5) is 0. The van der Waals surface area contributed by atoms with Crippen molar-refractivity contribution in [2.24, 2.45) is 11.3 Å². The Balaban J connectivity index is 2.49. The van der Waals surface area contributed by atoms with Gasteiger partial charge in [0.15, 0.2) is 0 Å². The molecule has 0 N–H and O–H groups in total. The Bertz CT molecular complexity index is 432. The summed E-state index contributed by atoms with van der Waals surface area (Å²) in [7, 11) is 0. The molecule has 0 amide bonds. The van der Waals surface area contributed by atoms with Crippen LogP contribution >= 0.6 is 0 Å². The minimum atomic E-state index is 0.323. The van der Waals surface area contributed by atoms with Gasteiger partial charge in [-0.1, -0.05) is 26.8 Å². The highest BCUT2D eigenvalue weighted by Crippen LogP contribution is 2.30. The van der Waals surface area contributed by atoms with E-state index in [0.717, 1.165) is 0 Å². The maximum Gasteiger partial charge on any atom is 0.111 e. The molecule has 1 aromatic rings. The molecule has 1 atom stereocenters. The van der Waals surface area contributed by atoms with Crippen LogP contribution in [0.3, 0.4) is 0 Å². The third-order valence-corrected chi connectivity index (χ3v) is 2.84. The molecule has 0 aromatic heterocycles. The van der Waals surface area contributed by atoms with Crippen LogP contribution in [0.4, 0.5) is 0 Å². The summed E-state index contributed by atoms with van der Waals surface area (Å²) in [5.41, 5.74) is 0.323. The van der Waals surface area contributed by atoms with E-state index in [0.29, 0.717) is 11.3 Å². The maximum absolute atomic E-state index is 2.37. The van der Waals surface area contributed by atoms with E-state index < -0.39 is 0 Å². The Morgan fingerprint density at radius 2 is 1.71 bits per heavy atom. The highest BCUT2D eigenvalue weighted by Gasteiger charge is 2.27. The summed E-state index contributed by atoms with van der Waals surface area (Å²) in [6.07, 6.45) is 6.92. The molecule has 14 heavy (non-hydrogen) atoms. The molecular weight excluding hydrogens is 168 g/mol. The fourth-order valence-electron chi connectivity index (χ4n) is 1.81. The van der Waals surface area contributed by atoms with Crippen LogP contribution in [0.1, 0.15) is 20.8 Å². The molecule has 0 spiro atoms. The van der Waals surface area contributed by atoms with Crippen molar-refractivity contribution in [3.8, 4) is 0 Å². The molecule has 1 aromatic carbocycles. The van der Waals surface area contributed by atoms with Crippen LogP contribution in [-0.2, 0) is 0 Å². The Hall–Kier alpha value is -1.17. The molecule has 0 aliphatic heterocycles. The van der Waals surface area contributed by atoms with E-state index in [-0.39, 0.29) is 0 Å². The predicted molar refractivity (Wildman–Crippen MR) is 61.9 cm³/mol. The standard InChI is InChI=1S/C14H17/c1-14(2,3)13-9-8-11-6-4-5-7-12(11)10-13/h4-10,13H,1-3H3/q+1. The molecule has 0 saturated carbocycles. The summed E-state index contributed by atoms with van der Waals surface area (Å²) >= 11 is 0. The van der Waals surface area contributed by atoms with Crippen molar-refractivity contribution in [1.29, 1.82) is 0 Å². The van der Waals surface area contributed by atoms with Gasteiger partial charge in [0.1, 0.15) is 11.3 Å². The van der Waals surface area contributed by atoms with Crippen LogP contribution in [0.5, 0.6) is 0 Å². The van der Waals surface area contributed by atoms with E-state index in [1.165, 1.54) is 10.4 Å². The molecule has 72 valence electrons. The second kappa shape index (κ2) is 3.20. The summed E-state index contributed by atoms with van der Waals surface area (Å²) in [5.74, 6) is 0.553. The van der Waals surface area contributed by atoms with E-state index >= 15 is 0 Å². The monoisotopic (exact) mass is 185 g/mol. The van der Waals surface area contributed by atoms with Crippen molar-refractivity contribution in [2.45, 2.75) is 20.8 Å². The zero-order chi connectivity index (χ0) is 10.2. The van der Waals surface area contributed by atoms with Crippen LogP contribution in [0.2, 0.25) is 0 Å². The molecule has 0 heteroatoms. The largest absolute Gasteiger partial charge is 0.111 e. The summed E-state index contributed by atoms with van der Waals surface area (Å²) in [5, 5.41) is 2.71. The van der Waals surface area contributed by atoms with Gasteiger partial charge in [0.2, 0.25) is 0 Å². The van der Waals surface area contributed by atoms with Crippen LogP contribution in [0, 0.1) is 17.8 Å². The quantitative estimate of drug-likeness (QED) is 0.543. The lowest BCUT2D eigenvalue weighted by Gasteiger charge is -2.24. The third-order valence-electron chi connectivity index (χ3n) is 2.84. The molecule has 2 rings (SSSR count). The average molecular weight is 185 g/mol. The van der Waals surface area contributed by atoms with Crippen LogP contribution < -0.4 is 10.4 Å².